The highest BCUT2D eigenvalue weighted by Crippen LogP contribution is 2.35. The minimum absolute atomic E-state index is 0.149. The topological polar surface area (TPSA) is 51.5 Å². The first-order valence-electron chi connectivity index (χ1n) is 6.58. The molecule has 0 fully saturated rings. The summed E-state index contributed by atoms with van der Waals surface area (Å²) in [4.78, 5) is 11.8. The monoisotopic (exact) mass is 281 g/mol. The summed E-state index contributed by atoms with van der Waals surface area (Å²) in [5.41, 5.74) is 3.20. The van der Waals surface area contributed by atoms with Gasteiger partial charge in [-0.05, 0) is 23.8 Å². The fourth-order valence-corrected chi connectivity index (χ4v) is 2.61. The molecule has 3 rings (SSSR count). The van der Waals surface area contributed by atoms with Gasteiger partial charge in [0.25, 0.3) is 0 Å². The SMILES string of the molecule is COC(=O)c1cc2c(O)ccc(-c3ccccc3)c2n1C. The lowest BCUT2D eigenvalue weighted by molar-refractivity contribution is 0.0590. The number of aromatic nitrogens is 1. The Morgan fingerprint density at radius 2 is 1.86 bits per heavy atom. The second-order valence-corrected chi connectivity index (χ2v) is 4.84. The van der Waals surface area contributed by atoms with Gasteiger partial charge in [-0.25, -0.2) is 4.79 Å². The number of nitrogens with zero attached hydrogens (tertiary/aromatic N) is 1. The molecule has 4 nitrogen and oxygen atoms in total. The number of hydrogen-bond donors (Lipinski definition) is 1. The fraction of sp³-hybridized carbons (Fsp3) is 0.118. The highest BCUT2D eigenvalue weighted by atomic mass is 16.5. The van der Waals surface area contributed by atoms with Crippen LogP contribution in [0.2, 0.25) is 0 Å². The third-order valence-electron chi connectivity index (χ3n) is 3.65. The van der Waals surface area contributed by atoms with Crippen molar-refractivity contribution in [3.63, 3.8) is 0 Å². The molecule has 0 unspecified atom stereocenters. The van der Waals surface area contributed by atoms with Crippen LogP contribution in [-0.2, 0) is 11.8 Å². The normalized spacial score (nSPS) is 10.8. The van der Waals surface area contributed by atoms with E-state index in [4.69, 9.17) is 4.74 Å². The average molecular weight is 281 g/mol. The number of fused-ring (bicyclic) bond motifs is 1. The molecular formula is C17H15NO3. The van der Waals surface area contributed by atoms with Gasteiger partial charge >= 0.3 is 5.97 Å². The molecule has 0 saturated carbocycles. The summed E-state index contributed by atoms with van der Waals surface area (Å²) in [6.45, 7) is 0. The van der Waals surface area contributed by atoms with Crippen LogP contribution in [0.3, 0.4) is 0 Å². The molecule has 0 bridgehead atoms. The predicted molar refractivity (Wildman–Crippen MR) is 81.4 cm³/mol. The Balaban J connectivity index is 2.35. The van der Waals surface area contributed by atoms with E-state index in [0.717, 1.165) is 16.6 Å². The molecule has 0 saturated heterocycles. The molecule has 0 atom stereocenters. The Labute approximate surface area is 122 Å². The van der Waals surface area contributed by atoms with Crippen LogP contribution in [0, 0.1) is 0 Å². The first-order valence-corrected chi connectivity index (χ1v) is 6.58. The maximum Gasteiger partial charge on any atom is 0.354 e. The summed E-state index contributed by atoms with van der Waals surface area (Å²) >= 11 is 0. The average Bonchev–Trinajstić information content (AvgIpc) is 2.87. The van der Waals surface area contributed by atoms with Gasteiger partial charge < -0.3 is 14.4 Å². The predicted octanol–water partition coefficient (Wildman–Crippen LogP) is 3.34. The quantitative estimate of drug-likeness (QED) is 0.733. The minimum atomic E-state index is -0.424. The molecule has 0 aliphatic carbocycles. The number of phenols is 1. The van der Waals surface area contributed by atoms with Crippen LogP contribution in [0.4, 0.5) is 0 Å². The van der Waals surface area contributed by atoms with Crippen molar-refractivity contribution in [2.24, 2.45) is 7.05 Å². The van der Waals surface area contributed by atoms with Crippen molar-refractivity contribution in [1.82, 2.24) is 4.57 Å². The van der Waals surface area contributed by atoms with Gasteiger partial charge in [0.05, 0.1) is 12.6 Å². The number of hydrogen-bond acceptors (Lipinski definition) is 3. The molecule has 21 heavy (non-hydrogen) atoms. The Morgan fingerprint density at radius 1 is 1.14 bits per heavy atom. The van der Waals surface area contributed by atoms with Gasteiger partial charge in [0, 0.05) is 18.0 Å². The third kappa shape index (κ3) is 2.05. The smallest absolute Gasteiger partial charge is 0.354 e. The van der Waals surface area contributed by atoms with Crippen molar-refractivity contribution < 1.29 is 14.6 Å². The summed E-state index contributed by atoms with van der Waals surface area (Å²) in [5, 5.41) is 10.7. The minimum Gasteiger partial charge on any atom is -0.507 e. The van der Waals surface area contributed by atoms with Crippen LogP contribution >= 0.6 is 0 Å². The summed E-state index contributed by atoms with van der Waals surface area (Å²) in [6, 6.07) is 15.0. The molecule has 0 aliphatic heterocycles. The number of rotatable bonds is 2. The van der Waals surface area contributed by atoms with Gasteiger partial charge in [0.1, 0.15) is 11.4 Å². The molecule has 0 radical (unpaired) electrons. The molecule has 1 N–H and O–H groups in total. The van der Waals surface area contributed by atoms with Crippen molar-refractivity contribution in [3.8, 4) is 16.9 Å². The second kappa shape index (κ2) is 4.98. The number of aryl methyl sites for hydroxylation is 1. The van der Waals surface area contributed by atoms with Gasteiger partial charge in [-0.1, -0.05) is 30.3 Å². The summed E-state index contributed by atoms with van der Waals surface area (Å²) in [6.07, 6.45) is 0. The number of methoxy groups -OCH3 is 1. The standard InChI is InChI=1S/C17H15NO3/c1-18-14(17(20)21-2)10-13-15(19)9-8-12(16(13)18)11-6-4-3-5-7-11/h3-10,19H,1-2H3. The number of carbonyl (C=O) groups excluding carboxylic acids is 1. The molecule has 0 aliphatic rings. The van der Waals surface area contributed by atoms with Crippen LogP contribution in [0.15, 0.2) is 48.5 Å². The van der Waals surface area contributed by atoms with Crippen LogP contribution in [0.5, 0.6) is 5.75 Å². The molecule has 0 spiro atoms. The highest BCUT2D eigenvalue weighted by molar-refractivity contribution is 6.03. The van der Waals surface area contributed by atoms with Gasteiger partial charge in [-0.15, -0.1) is 0 Å². The summed E-state index contributed by atoms with van der Waals surface area (Å²) < 4.78 is 6.54. The maximum atomic E-state index is 11.8. The van der Waals surface area contributed by atoms with Crippen LogP contribution in [0.1, 0.15) is 10.5 Å². The van der Waals surface area contributed by atoms with Crippen molar-refractivity contribution in [2.75, 3.05) is 7.11 Å². The molecular weight excluding hydrogens is 266 g/mol. The number of phenolic OH excluding ortho intramolecular Hbond substituents is 1. The van der Waals surface area contributed by atoms with Crippen molar-refractivity contribution in [3.05, 3.63) is 54.2 Å². The van der Waals surface area contributed by atoms with E-state index in [1.165, 1.54) is 7.11 Å². The van der Waals surface area contributed by atoms with E-state index < -0.39 is 5.97 Å². The van der Waals surface area contributed by atoms with Crippen molar-refractivity contribution >= 4 is 16.9 Å². The summed E-state index contributed by atoms with van der Waals surface area (Å²) in [5.74, 6) is -0.275. The molecule has 4 heteroatoms. The van der Waals surface area contributed by atoms with Gasteiger partial charge in [0.2, 0.25) is 0 Å². The first-order chi connectivity index (χ1) is 10.1. The number of benzene rings is 2. The molecule has 2 aromatic carbocycles. The molecule has 0 amide bonds. The number of aromatic hydroxyl groups is 1. The van der Waals surface area contributed by atoms with E-state index in [9.17, 15) is 9.90 Å². The Hall–Kier alpha value is -2.75. The summed E-state index contributed by atoms with van der Waals surface area (Å²) in [7, 11) is 3.14. The van der Waals surface area contributed by atoms with Crippen molar-refractivity contribution in [2.45, 2.75) is 0 Å². The van der Waals surface area contributed by atoms with Crippen LogP contribution in [0.25, 0.3) is 22.0 Å². The zero-order chi connectivity index (χ0) is 15.0. The lowest BCUT2D eigenvalue weighted by Gasteiger charge is -2.08. The van der Waals surface area contributed by atoms with E-state index in [1.807, 2.05) is 36.4 Å². The molecule has 3 aromatic rings. The molecule has 1 aromatic heterocycles. The van der Waals surface area contributed by atoms with E-state index in [-0.39, 0.29) is 5.75 Å². The first kappa shape index (κ1) is 13.2. The lowest BCUT2D eigenvalue weighted by atomic mass is 10.0. The largest absolute Gasteiger partial charge is 0.507 e. The number of carbonyl (C=O) groups is 1. The van der Waals surface area contributed by atoms with E-state index in [0.29, 0.717) is 11.1 Å². The zero-order valence-electron chi connectivity index (χ0n) is 11.8. The Kier molecular flexibility index (Phi) is 3.14. The maximum absolute atomic E-state index is 11.8. The third-order valence-corrected chi connectivity index (χ3v) is 3.65. The Bertz CT molecular complexity index is 819. The number of esters is 1. The van der Waals surface area contributed by atoms with Gasteiger partial charge in [0.15, 0.2) is 0 Å². The van der Waals surface area contributed by atoms with E-state index in [1.54, 1.807) is 23.7 Å². The van der Waals surface area contributed by atoms with E-state index >= 15 is 0 Å². The number of ether oxygens (including phenoxy) is 1. The van der Waals surface area contributed by atoms with Crippen LogP contribution < -0.4 is 0 Å². The highest BCUT2D eigenvalue weighted by Gasteiger charge is 2.18. The lowest BCUT2D eigenvalue weighted by Crippen LogP contribution is -2.07. The van der Waals surface area contributed by atoms with Crippen molar-refractivity contribution in [1.29, 1.82) is 0 Å². The van der Waals surface area contributed by atoms with Crippen LogP contribution in [-0.4, -0.2) is 22.8 Å². The Morgan fingerprint density at radius 3 is 2.52 bits per heavy atom. The zero-order valence-corrected chi connectivity index (χ0v) is 11.8. The fourth-order valence-electron chi connectivity index (χ4n) is 2.61. The molecule has 1 heterocycles. The second-order valence-electron chi connectivity index (χ2n) is 4.84. The van der Waals surface area contributed by atoms with Gasteiger partial charge in [-0.2, -0.15) is 0 Å². The van der Waals surface area contributed by atoms with Gasteiger partial charge in [-0.3, -0.25) is 0 Å². The molecule has 106 valence electrons. The van der Waals surface area contributed by atoms with E-state index in [2.05, 4.69) is 0 Å².